The molecule has 2 fully saturated rings. The summed E-state index contributed by atoms with van der Waals surface area (Å²) in [6.45, 7) is 4.35. The minimum atomic E-state index is -1.10. The Morgan fingerprint density at radius 2 is 1.61 bits per heavy atom. The monoisotopic (exact) mass is 527 g/mol. The lowest BCUT2D eigenvalue weighted by molar-refractivity contribution is -0.124. The number of rotatable bonds is 6. The second kappa shape index (κ2) is 10.1. The number of hydrogen-bond acceptors (Lipinski definition) is 5. The Hall–Kier alpha value is -3.29. The van der Waals surface area contributed by atoms with E-state index in [0.29, 0.717) is 24.0 Å². The fraction of sp³-hybridized carbons (Fsp3) is 0.355. The zero-order valence-corrected chi connectivity index (χ0v) is 22.7. The van der Waals surface area contributed by atoms with E-state index in [2.05, 4.69) is 35.2 Å². The van der Waals surface area contributed by atoms with Crippen LogP contribution in [-0.4, -0.2) is 48.8 Å². The number of para-hydroxylation sites is 1. The molecule has 3 heterocycles. The van der Waals surface area contributed by atoms with Crippen molar-refractivity contribution < 1.29 is 14.3 Å². The van der Waals surface area contributed by atoms with E-state index in [0.717, 1.165) is 43.6 Å². The van der Waals surface area contributed by atoms with E-state index in [-0.39, 0.29) is 17.1 Å². The molecule has 0 radical (unpaired) electrons. The van der Waals surface area contributed by atoms with E-state index in [9.17, 15) is 9.59 Å². The fourth-order valence-electron chi connectivity index (χ4n) is 6.09. The lowest BCUT2D eigenvalue weighted by Gasteiger charge is -2.36. The number of carbonyl (C=O) groups excluding carboxylic acids is 2. The maximum Gasteiger partial charge on any atom is 0.269 e. The third-order valence-electron chi connectivity index (χ3n) is 8.07. The van der Waals surface area contributed by atoms with Crippen molar-refractivity contribution in [3.05, 3.63) is 90.0 Å². The van der Waals surface area contributed by atoms with Crippen LogP contribution in [0.5, 0.6) is 5.75 Å². The maximum atomic E-state index is 14.4. The third kappa shape index (κ3) is 4.18. The molecule has 7 heteroatoms. The Labute approximate surface area is 228 Å². The Bertz CT molecular complexity index is 1320. The van der Waals surface area contributed by atoms with Crippen LogP contribution in [0.4, 0.5) is 11.4 Å². The van der Waals surface area contributed by atoms with E-state index < -0.39 is 4.87 Å². The standard InChI is InChI=1S/C31H33N3O3S/c1-22-29(35)34(25-12-14-26(37-2)15-13-25)31(38-22)27-10-6-7-11-28(27)33(30(31)36)21-32-18-16-24(17-19-32)20-23-8-4-3-5-9-23/h3-15,22,24H,16-21H2,1-2H3. The summed E-state index contributed by atoms with van der Waals surface area (Å²) in [5.41, 5.74) is 3.89. The van der Waals surface area contributed by atoms with Gasteiger partial charge in [0.15, 0.2) is 0 Å². The van der Waals surface area contributed by atoms with Gasteiger partial charge in [0.25, 0.3) is 5.91 Å². The maximum absolute atomic E-state index is 14.4. The van der Waals surface area contributed by atoms with Gasteiger partial charge in [-0.15, -0.1) is 11.8 Å². The first-order chi connectivity index (χ1) is 18.5. The van der Waals surface area contributed by atoms with Gasteiger partial charge in [0.2, 0.25) is 10.8 Å². The fourth-order valence-corrected chi connectivity index (χ4v) is 7.62. The minimum absolute atomic E-state index is 0.0383. The third-order valence-corrected chi connectivity index (χ3v) is 9.55. The number of thioether (sulfide) groups is 1. The first-order valence-electron chi connectivity index (χ1n) is 13.3. The molecule has 3 aliphatic rings. The molecule has 0 saturated carbocycles. The van der Waals surface area contributed by atoms with Crippen LogP contribution < -0.4 is 14.5 Å². The highest BCUT2D eigenvalue weighted by Crippen LogP contribution is 2.57. The number of methoxy groups -OCH3 is 1. The number of piperidine rings is 1. The normalized spacial score (nSPS) is 23.9. The predicted molar refractivity (Wildman–Crippen MR) is 152 cm³/mol. The molecular formula is C31H33N3O3S. The zero-order chi connectivity index (χ0) is 26.3. The minimum Gasteiger partial charge on any atom is -0.497 e. The summed E-state index contributed by atoms with van der Waals surface area (Å²) in [5, 5.41) is -0.331. The summed E-state index contributed by atoms with van der Waals surface area (Å²) in [6, 6.07) is 26.1. The van der Waals surface area contributed by atoms with Crippen LogP contribution in [0.15, 0.2) is 78.9 Å². The number of fused-ring (bicyclic) bond motifs is 2. The average molecular weight is 528 g/mol. The molecular weight excluding hydrogens is 494 g/mol. The molecule has 3 aromatic rings. The van der Waals surface area contributed by atoms with Crippen molar-refractivity contribution in [2.75, 3.05) is 36.7 Å². The van der Waals surface area contributed by atoms with Crippen molar-refractivity contribution in [2.45, 2.75) is 36.3 Å². The van der Waals surface area contributed by atoms with Gasteiger partial charge in [0.1, 0.15) is 5.75 Å². The molecule has 1 spiro atoms. The van der Waals surface area contributed by atoms with E-state index >= 15 is 0 Å². The molecule has 0 aliphatic carbocycles. The Morgan fingerprint density at radius 3 is 2.32 bits per heavy atom. The largest absolute Gasteiger partial charge is 0.497 e. The number of amides is 2. The lowest BCUT2D eigenvalue weighted by atomic mass is 9.90. The van der Waals surface area contributed by atoms with Crippen LogP contribution in [0, 0.1) is 5.92 Å². The Balaban J connectivity index is 1.26. The average Bonchev–Trinajstić information content (AvgIpc) is 3.35. The van der Waals surface area contributed by atoms with Crippen molar-refractivity contribution in [1.82, 2.24) is 4.90 Å². The molecule has 0 N–H and O–H groups in total. The SMILES string of the molecule is COc1ccc(N2C(=O)C(C)SC23C(=O)N(CN2CCC(Cc4ccccc4)CC2)c2ccccc23)cc1. The number of benzene rings is 3. The highest BCUT2D eigenvalue weighted by atomic mass is 32.2. The van der Waals surface area contributed by atoms with Gasteiger partial charge in [-0.2, -0.15) is 0 Å². The van der Waals surface area contributed by atoms with Crippen molar-refractivity contribution in [3.8, 4) is 5.75 Å². The number of nitrogens with zero attached hydrogens (tertiary/aromatic N) is 3. The van der Waals surface area contributed by atoms with Gasteiger partial charge in [-0.25, -0.2) is 0 Å². The van der Waals surface area contributed by atoms with Crippen molar-refractivity contribution in [3.63, 3.8) is 0 Å². The van der Waals surface area contributed by atoms with Crippen LogP contribution in [0.3, 0.4) is 0 Å². The van der Waals surface area contributed by atoms with Gasteiger partial charge in [-0.1, -0.05) is 48.5 Å². The summed E-state index contributed by atoms with van der Waals surface area (Å²) < 4.78 is 5.33. The number of likely N-dealkylation sites (tertiary alicyclic amines) is 1. The second-order valence-corrected chi connectivity index (χ2v) is 12.0. The van der Waals surface area contributed by atoms with E-state index in [1.165, 1.54) is 17.3 Å². The molecule has 6 nitrogen and oxygen atoms in total. The molecule has 38 heavy (non-hydrogen) atoms. The number of hydrogen-bond donors (Lipinski definition) is 0. The summed E-state index contributed by atoms with van der Waals surface area (Å²) in [6.07, 6.45) is 3.34. The topological polar surface area (TPSA) is 53.1 Å². The van der Waals surface area contributed by atoms with Crippen LogP contribution in [-0.2, 0) is 20.9 Å². The Kier molecular flexibility index (Phi) is 6.66. The number of anilines is 2. The van der Waals surface area contributed by atoms with Crippen LogP contribution >= 0.6 is 11.8 Å². The van der Waals surface area contributed by atoms with Gasteiger partial charge in [0, 0.05) is 24.3 Å². The lowest BCUT2D eigenvalue weighted by Crippen LogP contribution is -2.52. The molecule has 2 saturated heterocycles. The van der Waals surface area contributed by atoms with Crippen molar-refractivity contribution >= 4 is 35.0 Å². The summed E-state index contributed by atoms with van der Waals surface area (Å²) in [4.78, 5) is 32.9. The molecule has 3 aromatic carbocycles. The summed E-state index contributed by atoms with van der Waals surface area (Å²) >= 11 is 1.45. The smallest absolute Gasteiger partial charge is 0.269 e. The molecule has 196 valence electrons. The van der Waals surface area contributed by atoms with E-state index in [4.69, 9.17) is 4.74 Å². The highest BCUT2D eigenvalue weighted by Gasteiger charge is 2.63. The molecule has 0 bridgehead atoms. The van der Waals surface area contributed by atoms with Crippen molar-refractivity contribution in [2.24, 2.45) is 5.92 Å². The summed E-state index contributed by atoms with van der Waals surface area (Å²) in [5.74, 6) is 1.29. The van der Waals surface area contributed by atoms with Crippen LogP contribution in [0.25, 0.3) is 0 Å². The van der Waals surface area contributed by atoms with Gasteiger partial charge < -0.3 is 4.74 Å². The molecule has 6 rings (SSSR count). The molecule has 2 amide bonds. The second-order valence-electron chi connectivity index (χ2n) is 10.4. The van der Waals surface area contributed by atoms with Gasteiger partial charge >= 0.3 is 0 Å². The molecule has 2 unspecified atom stereocenters. The van der Waals surface area contributed by atoms with Crippen LogP contribution in [0.2, 0.25) is 0 Å². The predicted octanol–water partition coefficient (Wildman–Crippen LogP) is 5.28. The highest BCUT2D eigenvalue weighted by molar-refractivity contribution is 8.03. The zero-order valence-electron chi connectivity index (χ0n) is 21.9. The number of ether oxygens (including phenoxy) is 1. The number of carbonyl (C=O) groups is 2. The first-order valence-corrected chi connectivity index (χ1v) is 14.2. The van der Waals surface area contributed by atoms with Gasteiger partial charge in [0.05, 0.1) is 24.7 Å². The van der Waals surface area contributed by atoms with Gasteiger partial charge in [-0.3, -0.25) is 24.3 Å². The molecule has 3 aliphatic heterocycles. The molecule has 0 aromatic heterocycles. The molecule has 2 atom stereocenters. The van der Waals surface area contributed by atoms with E-state index in [1.807, 2.05) is 60.4 Å². The van der Waals surface area contributed by atoms with E-state index in [1.54, 1.807) is 12.0 Å². The quantitative estimate of drug-likeness (QED) is 0.437. The summed E-state index contributed by atoms with van der Waals surface area (Å²) in [7, 11) is 1.62. The van der Waals surface area contributed by atoms with Crippen molar-refractivity contribution in [1.29, 1.82) is 0 Å². The first kappa shape index (κ1) is 25.0. The van der Waals surface area contributed by atoms with Gasteiger partial charge in [-0.05, 0) is 68.0 Å². The Morgan fingerprint density at radius 1 is 0.921 bits per heavy atom. The van der Waals surface area contributed by atoms with Crippen LogP contribution in [0.1, 0.15) is 30.9 Å².